The average molecular weight is 334 g/mol. The van der Waals surface area contributed by atoms with Gasteiger partial charge in [-0.15, -0.1) is 0 Å². The van der Waals surface area contributed by atoms with Crippen molar-refractivity contribution in [1.82, 2.24) is 15.0 Å². The second-order valence-corrected chi connectivity index (χ2v) is 5.79. The van der Waals surface area contributed by atoms with Gasteiger partial charge in [-0.05, 0) is 37.3 Å². The molecular formula is C19H18N4O2. The molecule has 2 N–H and O–H groups in total. The summed E-state index contributed by atoms with van der Waals surface area (Å²) in [6, 6.07) is 11.7. The van der Waals surface area contributed by atoms with Crippen LogP contribution in [0.15, 0.2) is 42.7 Å². The first-order valence-electron chi connectivity index (χ1n) is 7.91. The second-order valence-electron chi connectivity index (χ2n) is 5.79. The van der Waals surface area contributed by atoms with E-state index in [4.69, 9.17) is 9.47 Å². The van der Waals surface area contributed by atoms with Crippen molar-refractivity contribution in [3.63, 3.8) is 0 Å². The molecule has 0 aliphatic carbocycles. The van der Waals surface area contributed by atoms with E-state index >= 15 is 0 Å². The number of aromatic amines is 1. The molecule has 0 aliphatic rings. The largest absolute Gasteiger partial charge is 0.497 e. The number of aryl methyl sites for hydroxylation is 1. The van der Waals surface area contributed by atoms with Gasteiger partial charge in [0.1, 0.15) is 23.3 Å². The highest BCUT2D eigenvalue weighted by Gasteiger charge is 2.12. The molecule has 2 aromatic carbocycles. The van der Waals surface area contributed by atoms with Gasteiger partial charge in [-0.1, -0.05) is 0 Å². The smallest absolute Gasteiger partial charge is 0.142 e. The van der Waals surface area contributed by atoms with Crippen LogP contribution in [-0.2, 0) is 0 Å². The maximum absolute atomic E-state index is 5.48. The van der Waals surface area contributed by atoms with Crippen molar-refractivity contribution in [3.05, 3.63) is 48.4 Å². The van der Waals surface area contributed by atoms with Gasteiger partial charge < -0.3 is 19.8 Å². The Morgan fingerprint density at radius 3 is 2.64 bits per heavy atom. The molecule has 6 heteroatoms. The molecule has 0 aliphatic heterocycles. The van der Waals surface area contributed by atoms with E-state index < -0.39 is 0 Å². The molecule has 4 aromatic rings. The quantitative estimate of drug-likeness (QED) is 0.586. The number of aromatic nitrogens is 3. The SMILES string of the molecule is COc1ccc(OC)c(Nc2cc(C)[nH]c3ccc4ncnc4c23)c1. The van der Waals surface area contributed by atoms with Crippen LogP contribution in [0.1, 0.15) is 5.69 Å². The van der Waals surface area contributed by atoms with E-state index in [9.17, 15) is 0 Å². The Morgan fingerprint density at radius 2 is 1.84 bits per heavy atom. The standard InChI is InChI=1S/C19H18N4O2/c1-11-8-16(23-15-9-12(24-2)4-7-17(15)25-3)18-13(22-11)5-6-14-19(18)21-10-20-14/h4-10,22-23H,1-3H3. The van der Waals surface area contributed by atoms with Crippen molar-refractivity contribution in [3.8, 4) is 11.5 Å². The van der Waals surface area contributed by atoms with Crippen LogP contribution in [0.2, 0.25) is 0 Å². The van der Waals surface area contributed by atoms with Crippen LogP contribution in [0.5, 0.6) is 11.5 Å². The molecule has 2 aromatic heterocycles. The molecule has 2 heterocycles. The van der Waals surface area contributed by atoms with Crippen molar-refractivity contribution in [2.24, 2.45) is 0 Å². The summed E-state index contributed by atoms with van der Waals surface area (Å²) in [4.78, 5) is 12.1. The minimum absolute atomic E-state index is 0.736. The number of anilines is 2. The zero-order valence-corrected chi connectivity index (χ0v) is 14.3. The molecule has 0 saturated heterocycles. The fourth-order valence-corrected chi connectivity index (χ4v) is 3.03. The molecule has 0 amide bonds. The van der Waals surface area contributed by atoms with Gasteiger partial charge in [-0.3, -0.25) is 0 Å². The summed E-state index contributed by atoms with van der Waals surface area (Å²) in [5, 5.41) is 4.46. The van der Waals surface area contributed by atoms with Gasteiger partial charge in [0.05, 0.1) is 31.1 Å². The number of imidazole rings is 1. The number of hydrogen-bond acceptors (Lipinski definition) is 5. The number of hydrogen-bond donors (Lipinski definition) is 2. The van der Waals surface area contributed by atoms with Crippen molar-refractivity contribution in [2.45, 2.75) is 6.92 Å². The first kappa shape index (κ1) is 15.3. The fraction of sp³-hybridized carbons (Fsp3) is 0.158. The van der Waals surface area contributed by atoms with E-state index in [1.165, 1.54) is 0 Å². The molecule has 0 saturated carbocycles. The number of ether oxygens (including phenoxy) is 2. The van der Waals surface area contributed by atoms with Crippen LogP contribution >= 0.6 is 0 Å². The Kier molecular flexibility index (Phi) is 3.65. The highest BCUT2D eigenvalue weighted by Crippen LogP contribution is 2.36. The van der Waals surface area contributed by atoms with Crippen molar-refractivity contribution >= 4 is 33.3 Å². The van der Waals surface area contributed by atoms with Gasteiger partial charge in [-0.25, -0.2) is 9.97 Å². The Labute approximate surface area is 144 Å². The molecule has 6 nitrogen and oxygen atoms in total. The third kappa shape index (κ3) is 2.61. The zero-order chi connectivity index (χ0) is 17.4. The lowest BCUT2D eigenvalue weighted by Gasteiger charge is -2.15. The predicted molar refractivity (Wildman–Crippen MR) is 99.0 cm³/mol. The van der Waals surface area contributed by atoms with Gasteiger partial charge in [-0.2, -0.15) is 0 Å². The molecule has 0 unspecified atom stereocenters. The lowest BCUT2D eigenvalue weighted by Crippen LogP contribution is -1.98. The van der Waals surface area contributed by atoms with Crippen LogP contribution in [0.25, 0.3) is 21.9 Å². The van der Waals surface area contributed by atoms with Crippen LogP contribution in [0.4, 0.5) is 11.4 Å². The minimum Gasteiger partial charge on any atom is -0.497 e. The molecule has 0 radical (unpaired) electrons. The summed E-state index contributed by atoms with van der Waals surface area (Å²) in [5.41, 5.74) is 5.52. The van der Waals surface area contributed by atoms with Crippen LogP contribution in [-0.4, -0.2) is 29.2 Å². The number of benzene rings is 2. The Morgan fingerprint density at radius 1 is 0.960 bits per heavy atom. The molecular weight excluding hydrogens is 316 g/mol. The Bertz CT molecular complexity index is 1070. The Balaban J connectivity index is 1.94. The lowest BCUT2D eigenvalue weighted by atomic mass is 10.1. The lowest BCUT2D eigenvalue weighted by molar-refractivity contribution is 0.405. The molecule has 25 heavy (non-hydrogen) atoms. The predicted octanol–water partition coefficient (Wildman–Crippen LogP) is 4.18. The van der Waals surface area contributed by atoms with E-state index in [-0.39, 0.29) is 0 Å². The maximum Gasteiger partial charge on any atom is 0.142 e. The summed E-state index contributed by atoms with van der Waals surface area (Å²) in [5.74, 6) is 1.49. The number of nitrogens with zero attached hydrogens (tertiary/aromatic N) is 2. The summed E-state index contributed by atoms with van der Waals surface area (Å²) >= 11 is 0. The van der Waals surface area contributed by atoms with E-state index in [0.717, 1.165) is 50.5 Å². The van der Waals surface area contributed by atoms with E-state index in [1.54, 1.807) is 20.5 Å². The van der Waals surface area contributed by atoms with Gasteiger partial charge >= 0.3 is 0 Å². The summed E-state index contributed by atoms with van der Waals surface area (Å²) < 4.78 is 10.8. The van der Waals surface area contributed by atoms with E-state index in [1.807, 2.05) is 37.3 Å². The number of rotatable bonds is 4. The van der Waals surface area contributed by atoms with Crippen molar-refractivity contribution in [2.75, 3.05) is 19.5 Å². The minimum atomic E-state index is 0.736. The molecule has 126 valence electrons. The Hall–Kier alpha value is -3.28. The highest BCUT2D eigenvalue weighted by atomic mass is 16.5. The van der Waals surface area contributed by atoms with Gasteiger partial charge in [0.15, 0.2) is 0 Å². The molecule has 4 rings (SSSR count). The molecule has 0 atom stereocenters. The fourth-order valence-electron chi connectivity index (χ4n) is 3.03. The van der Waals surface area contributed by atoms with E-state index in [2.05, 4.69) is 26.3 Å². The van der Waals surface area contributed by atoms with Gasteiger partial charge in [0, 0.05) is 22.7 Å². The zero-order valence-electron chi connectivity index (χ0n) is 14.3. The monoisotopic (exact) mass is 334 g/mol. The highest BCUT2D eigenvalue weighted by molar-refractivity contribution is 6.10. The van der Waals surface area contributed by atoms with Gasteiger partial charge in [0.2, 0.25) is 0 Å². The summed E-state index contributed by atoms with van der Waals surface area (Å²) in [7, 11) is 3.29. The number of pyridine rings is 1. The first-order chi connectivity index (χ1) is 12.2. The maximum atomic E-state index is 5.48. The van der Waals surface area contributed by atoms with Crippen molar-refractivity contribution < 1.29 is 9.47 Å². The number of nitrogens with one attached hydrogen (secondary N) is 2. The second kappa shape index (κ2) is 5.98. The van der Waals surface area contributed by atoms with Crippen LogP contribution < -0.4 is 14.8 Å². The summed E-state index contributed by atoms with van der Waals surface area (Å²) in [6.07, 6.45) is 1.58. The number of methoxy groups -OCH3 is 2. The van der Waals surface area contributed by atoms with Gasteiger partial charge in [0.25, 0.3) is 0 Å². The first-order valence-corrected chi connectivity index (χ1v) is 7.91. The third-order valence-corrected chi connectivity index (χ3v) is 4.18. The molecule has 0 bridgehead atoms. The van der Waals surface area contributed by atoms with E-state index in [0.29, 0.717) is 0 Å². The molecule has 0 fully saturated rings. The third-order valence-electron chi connectivity index (χ3n) is 4.18. The van der Waals surface area contributed by atoms with Crippen molar-refractivity contribution in [1.29, 1.82) is 0 Å². The number of fused-ring (bicyclic) bond motifs is 3. The average Bonchev–Trinajstić information content (AvgIpc) is 3.09. The topological polar surface area (TPSA) is 72.1 Å². The van der Waals surface area contributed by atoms with Crippen LogP contribution in [0, 0.1) is 6.92 Å². The summed E-state index contributed by atoms with van der Waals surface area (Å²) in [6.45, 7) is 2.02. The molecule has 0 spiro atoms. The normalized spacial score (nSPS) is 11.0. The van der Waals surface area contributed by atoms with Crippen LogP contribution in [0.3, 0.4) is 0 Å². The number of H-pyrrole nitrogens is 1.